The fraction of sp³-hybridized carbons (Fsp3) is 0.250. The molecule has 0 radical (unpaired) electrons. The molecule has 27 heavy (non-hydrogen) atoms. The van der Waals surface area contributed by atoms with E-state index in [2.05, 4.69) is 9.97 Å². The van der Waals surface area contributed by atoms with Crippen molar-refractivity contribution in [3.63, 3.8) is 0 Å². The minimum Gasteiger partial charge on any atom is -0.443 e. The Morgan fingerprint density at radius 1 is 1.26 bits per heavy atom. The Bertz CT molecular complexity index is 1010. The molecule has 0 bridgehead atoms. The van der Waals surface area contributed by atoms with Crippen molar-refractivity contribution in [2.24, 2.45) is 0 Å². The monoisotopic (exact) mass is 367 g/mol. The van der Waals surface area contributed by atoms with Crippen LogP contribution in [0.25, 0.3) is 0 Å². The highest BCUT2D eigenvalue weighted by Gasteiger charge is 2.34. The van der Waals surface area contributed by atoms with Gasteiger partial charge in [0.1, 0.15) is 23.3 Å². The highest BCUT2D eigenvalue weighted by Crippen LogP contribution is 2.32. The van der Waals surface area contributed by atoms with Gasteiger partial charge in [-0.05, 0) is 36.6 Å². The number of halogens is 1. The van der Waals surface area contributed by atoms with Crippen LogP contribution in [0.5, 0.6) is 0 Å². The number of pyridine rings is 1. The van der Waals surface area contributed by atoms with Gasteiger partial charge in [-0.2, -0.15) is 0 Å². The number of hydrogen-bond acceptors (Lipinski definition) is 4. The van der Waals surface area contributed by atoms with Gasteiger partial charge in [-0.25, -0.2) is 9.37 Å². The first-order chi connectivity index (χ1) is 13.1. The maximum Gasteiger partial charge on any atom is 0.271 e. The number of H-pyrrole nitrogens is 1. The second kappa shape index (κ2) is 7.19. The number of carbonyl (C=O) groups is 1. The maximum absolute atomic E-state index is 13.0. The van der Waals surface area contributed by atoms with Gasteiger partial charge < -0.3 is 14.3 Å². The summed E-state index contributed by atoms with van der Waals surface area (Å²) in [6, 6.07) is 10.5. The third-order valence-electron chi connectivity index (χ3n) is 4.66. The number of carbonyl (C=O) groups excluding carboxylic acids is 1. The Morgan fingerprint density at radius 2 is 2.07 bits per heavy atom. The summed E-state index contributed by atoms with van der Waals surface area (Å²) in [5.74, 6) is 0.616. The van der Waals surface area contributed by atoms with Crippen LogP contribution in [-0.4, -0.2) is 27.3 Å². The van der Waals surface area contributed by atoms with Crippen LogP contribution in [0.15, 0.2) is 57.9 Å². The minimum atomic E-state index is -0.311. The third-order valence-corrected chi connectivity index (χ3v) is 4.66. The molecule has 1 saturated heterocycles. The molecular weight excluding hydrogens is 349 g/mol. The van der Waals surface area contributed by atoms with E-state index < -0.39 is 0 Å². The number of benzene rings is 1. The predicted molar refractivity (Wildman–Crippen MR) is 95.8 cm³/mol. The summed E-state index contributed by atoms with van der Waals surface area (Å²) in [5.41, 5.74) is 0.863. The molecule has 1 aromatic carbocycles. The average molecular weight is 367 g/mol. The van der Waals surface area contributed by atoms with E-state index in [0.29, 0.717) is 24.6 Å². The van der Waals surface area contributed by atoms with E-state index in [1.54, 1.807) is 35.4 Å². The van der Waals surface area contributed by atoms with E-state index in [0.717, 1.165) is 18.4 Å². The summed E-state index contributed by atoms with van der Waals surface area (Å²) >= 11 is 0. The van der Waals surface area contributed by atoms with Crippen molar-refractivity contribution in [3.8, 4) is 0 Å². The summed E-state index contributed by atoms with van der Waals surface area (Å²) in [4.78, 5) is 32.8. The van der Waals surface area contributed by atoms with Gasteiger partial charge in [0.15, 0.2) is 0 Å². The van der Waals surface area contributed by atoms with Crippen molar-refractivity contribution in [3.05, 3.63) is 87.7 Å². The largest absolute Gasteiger partial charge is 0.443 e. The first kappa shape index (κ1) is 17.2. The second-order valence-electron chi connectivity index (χ2n) is 6.55. The lowest BCUT2D eigenvalue weighted by Gasteiger charge is -2.22. The molecular formula is C20H18FN3O3. The summed E-state index contributed by atoms with van der Waals surface area (Å²) in [6.07, 6.45) is 3.73. The van der Waals surface area contributed by atoms with Gasteiger partial charge in [-0.1, -0.05) is 18.2 Å². The highest BCUT2D eigenvalue weighted by molar-refractivity contribution is 5.92. The number of hydrogen-bond donors (Lipinski definition) is 1. The predicted octanol–water partition coefficient (Wildman–Crippen LogP) is 3.07. The molecule has 2 aromatic heterocycles. The van der Waals surface area contributed by atoms with Crippen LogP contribution in [0.3, 0.4) is 0 Å². The molecule has 0 saturated carbocycles. The molecule has 1 aliphatic rings. The Labute approximate surface area is 154 Å². The van der Waals surface area contributed by atoms with Crippen molar-refractivity contribution >= 4 is 5.91 Å². The Kier molecular flexibility index (Phi) is 4.58. The first-order valence-electron chi connectivity index (χ1n) is 8.79. The molecule has 6 nitrogen and oxygen atoms in total. The molecule has 3 heterocycles. The number of rotatable bonds is 4. The number of amides is 1. The molecule has 1 fully saturated rings. The number of oxazole rings is 1. The Morgan fingerprint density at radius 3 is 2.85 bits per heavy atom. The summed E-state index contributed by atoms with van der Waals surface area (Å²) < 4.78 is 18.9. The van der Waals surface area contributed by atoms with Crippen molar-refractivity contribution in [1.82, 2.24) is 14.9 Å². The molecule has 1 aliphatic heterocycles. The van der Waals surface area contributed by atoms with Crippen LogP contribution in [0.4, 0.5) is 4.39 Å². The van der Waals surface area contributed by atoms with Crippen LogP contribution in [0.2, 0.25) is 0 Å². The number of likely N-dealkylation sites (tertiary alicyclic amines) is 1. The fourth-order valence-corrected chi connectivity index (χ4v) is 3.36. The molecule has 0 spiro atoms. The molecule has 1 atom stereocenters. The lowest BCUT2D eigenvalue weighted by Crippen LogP contribution is -2.32. The van der Waals surface area contributed by atoms with E-state index in [1.807, 2.05) is 0 Å². The zero-order valence-corrected chi connectivity index (χ0v) is 14.5. The number of nitrogens with one attached hydrogen (secondary N) is 1. The number of aromatic nitrogens is 2. The van der Waals surface area contributed by atoms with E-state index in [1.165, 1.54) is 18.2 Å². The van der Waals surface area contributed by atoms with Crippen LogP contribution in [0, 0.1) is 5.82 Å². The number of aromatic amines is 1. The van der Waals surface area contributed by atoms with Gasteiger partial charge in [0.05, 0.1) is 6.20 Å². The van der Waals surface area contributed by atoms with E-state index in [4.69, 9.17) is 4.42 Å². The molecule has 1 amide bonds. The van der Waals surface area contributed by atoms with Gasteiger partial charge in [-0.3, -0.25) is 9.59 Å². The smallest absolute Gasteiger partial charge is 0.271 e. The average Bonchev–Trinajstić information content (AvgIpc) is 3.32. The van der Waals surface area contributed by atoms with Gasteiger partial charge in [0, 0.05) is 19.0 Å². The van der Waals surface area contributed by atoms with Gasteiger partial charge in [0.25, 0.3) is 5.91 Å². The summed E-state index contributed by atoms with van der Waals surface area (Å²) in [7, 11) is 0. The fourth-order valence-electron chi connectivity index (χ4n) is 3.36. The maximum atomic E-state index is 13.0. The molecule has 138 valence electrons. The SMILES string of the molecule is O=C(c1cccc(=O)[nH]1)N1CCC[C@@H]1c1ncc(Cc2ccc(F)cc2)o1. The lowest BCUT2D eigenvalue weighted by molar-refractivity contribution is 0.0708. The topological polar surface area (TPSA) is 79.2 Å². The van der Waals surface area contributed by atoms with Crippen LogP contribution in [0.1, 0.15) is 46.6 Å². The van der Waals surface area contributed by atoms with Crippen molar-refractivity contribution in [1.29, 1.82) is 0 Å². The Balaban J connectivity index is 1.52. The molecule has 3 aromatic rings. The van der Waals surface area contributed by atoms with E-state index >= 15 is 0 Å². The Hall–Kier alpha value is -3.22. The third kappa shape index (κ3) is 3.67. The van der Waals surface area contributed by atoms with Crippen molar-refractivity contribution < 1.29 is 13.6 Å². The van der Waals surface area contributed by atoms with Gasteiger partial charge in [-0.15, -0.1) is 0 Å². The number of nitrogens with zero attached hydrogens (tertiary/aromatic N) is 2. The summed E-state index contributed by atoms with van der Waals surface area (Å²) in [6.45, 7) is 0.579. The van der Waals surface area contributed by atoms with Crippen LogP contribution < -0.4 is 5.56 Å². The van der Waals surface area contributed by atoms with Crippen LogP contribution >= 0.6 is 0 Å². The minimum absolute atomic E-state index is 0.242. The normalized spacial score (nSPS) is 16.6. The molecule has 0 aliphatic carbocycles. The van der Waals surface area contributed by atoms with E-state index in [9.17, 15) is 14.0 Å². The van der Waals surface area contributed by atoms with Crippen molar-refractivity contribution in [2.45, 2.75) is 25.3 Å². The lowest BCUT2D eigenvalue weighted by atomic mass is 10.1. The zero-order valence-electron chi connectivity index (χ0n) is 14.5. The first-order valence-corrected chi connectivity index (χ1v) is 8.79. The van der Waals surface area contributed by atoms with Crippen LogP contribution in [-0.2, 0) is 6.42 Å². The summed E-state index contributed by atoms with van der Waals surface area (Å²) in [5, 5.41) is 0. The highest BCUT2D eigenvalue weighted by atomic mass is 19.1. The zero-order chi connectivity index (χ0) is 18.8. The molecule has 7 heteroatoms. The van der Waals surface area contributed by atoms with E-state index in [-0.39, 0.29) is 29.0 Å². The molecule has 4 rings (SSSR count). The quantitative estimate of drug-likeness (QED) is 0.769. The standard InChI is InChI=1S/C20H18FN3O3/c21-14-8-6-13(7-9-14)11-15-12-22-19(27-15)17-4-2-10-24(17)20(26)16-3-1-5-18(25)23-16/h1,3,5-9,12,17H,2,4,10-11H2,(H,23,25)/t17-/m1/s1. The van der Waals surface area contributed by atoms with Gasteiger partial charge in [0.2, 0.25) is 11.4 Å². The van der Waals surface area contributed by atoms with Crippen molar-refractivity contribution in [2.75, 3.05) is 6.54 Å². The molecule has 1 N–H and O–H groups in total. The molecule has 0 unspecified atom stereocenters. The second-order valence-corrected chi connectivity index (χ2v) is 6.55. The van der Waals surface area contributed by atoms with Gasteiger partial charge >= 0.3 is 0 Å².